The Morgan fingerprint density at radius 2 is 1.84 bits per heavy atom. The molecule has 0 unspecified atom stereocenters. The van der Waals surface area contributed by atoms with Crippen LogP contribution in [0.1, 0.15) is 25.8 Å². The summed E-state index contributed by atoms with van der Waals surface area (Å²) in [6.45, 7) is 5.36. The lowest BCUT2D eigenvalue weighted by molar-refractivity contribution is -0.133. The average Bonchev–Trinajstić information content (AvgIpc) is 2.45. The molecule has 0 N–H and O–H groups in total. The molecule has 1 aromatic rings. The molecule has 0 spiro atoms. The first-order valence-electron chi connectivity index (χ1n) is 6.64. The van der Waals surface area contributed by atoms with Gasteiger partial charge >= 0.3 is 0 Å². The van der Waals surface area contributed by atoms with Gasteiger partial charge in [-0.15, -0.1) is 0 Å². The molecule has 0 bridgehead atoms. The van der Waals surface area contributed by atoms with Crippen LogP contribution in [0.2, 0.25) is 0 Å². The van der Waals surface area contributed by atoms with E-state index in [1.54, 1.807) is 4.90 Å². The highest BCUT2D eigenvalue weighted by Gasteiger charge is 2.09. The lowest BCUT2D eigenvalue weighted by Crippen LogP contribution is -2.34. The highest BCUT2D eigenvalue weighted by atomic mass is 16.5. The van der Waals surface area contributed by atoms with E-state index < -0.39 is 0 Å². The summed E-state index contributed by atoms with van der Waals surface area (Å²) in [5.74, 6) is 0.672. The first kappa shape index (κ1) is 15.2. The molecule has 4 heteroatoms. The molecule has 0 heterocycles. The number of carbonyl (C=O) groups is 2. The SMILES string of the molecule is CCN(CC)C(=O)COc1ccc(CCC=O)cc1. The van der Waals surface area contributed by atoms with Crippen LogP contribution in [0.3, 0.4) is 0 Å². The van der Waals surface area contributed by atoms with Gasteiger partial charge in [0, 0.05) is 19.5 Å². The van der Waals surface area contributed by atoms with Crippen molar-refractivity contribution in [3.8, 4) is 5.75 Å². The fraction of sp³-hybridized carbons (Fsp3) is 0.467. The van der Waals surface area contributed by atoms with Gasteiger partial charge in [0.05, 0.1) is 0 Å². The molecule has 1 aromatic carbocycles. The first-order chi connectivity index (χ1) is 9.21. The number of nitrogens with zero attached hydrogens (tertiary/aromatic N) is 1. The maximum Gasteiger partial charge on any atom is 0.260 e. The molecular weight excluding hydrogens is 242 g/mol. The maximum absolute atomic E-state index is 11.7. The van der Waals surface area contributed by atoms with E-state index in [9.17, 15) is 9.59 Å². The van der Waals surface area contributed by atoms with E-state index in [4.69, 9.17) is 4.74 Å². The zero-order chi connectivity index (χ0) is 14.1. The minimum atomic E-state index is -0.00460. The van der Waals surface area contributed by atoms with Gasteiger partial charge < -0.3 is 14.4 Å². The minimum Gasteiger partial charge on any atom is -0.484 e. The number of aldehydes is 1. The van der Waals surface area contributed by atoms with E-state index in [-0.39, 0.29) is 12.5 Å². The standard InChI is InChI=1S/C15H21NO3/c1-3-16(4-2)15(18)12-19-14-9-7-13(8-10-14)6-5-11-17/h7-11H,3-6,12H2,1-2H3. The molecule has 1 rings (SSSR count). The fourth-order valence-corrected chi connectivity index (χ4v) is 1.79. The molecule has 0 fully saturated rings. The zero-order valence-electron chi connectivity index (χ0n) is 11.6. The molecule has 1 amide bonds. The van der Waals surface area contributed by atoms with Gasteiger partial charge in [-0.25, -0.2) is 0 Å². The third kappa shape index (κ3) is 5.12. The summed E-state index contributed by atoms with van der Waals surface area (Å²) < 4.78 is 5.45. The second-order valence-corrected chi connectivity index (χ2v) is 4.20. The predicted molar refractivity (Wildman–Crippen MR) is 74.3 cm³/mol. The van der Waals surface area contributed by atoms with Crippen LogP contribution in [0.4, 0.5) is 0 Å². The molecule has 104 valence electrons. The predicted octanol–water partition coefficient (Wildman–Crippen LogP) is 2.07. The van der Waals surface area contributed by atoms with Gasteiger partial charge in [0.15, 0.2) is 6.61 Å². The number of ether oxygens (including phenoxy) is 1. The van der Waals surface area contributed by atoms with Crippen LogP contribution in [0, 0.1) is 0 Å². The van der Waals surface area contributed by atoms with Crippen molar-refractivity contribution in [3.05, 3.63) is 29.8 Å². The molecule has 0 radical (unpaired) electrons. The summed E-state index contributed by atoms with van der Waals surface area (Å²) in [7, 11) is 0. The molecule has 4 nitrogen and oxygen atoms in total. The lowest BCUT2D eigenvalue weighted by Gasteiger charge is -2.18. The van der Waals surface area contributed by atoms with Gasteiger partial charge in [0.1, 0.15) is 12.0 Å². The molecule has 0 aromatic heterocycles. The Balaban J connectivity index is 2.45. The van der Waals surface area contributed by atoms with E-state index in [0.717, 1.165) is 18.3 Å². The Kier molecular flexibility index (Phi) is 6.64. The molecule has 0 aliphatic rings. The number of hydrogen-bond donors (Lipinski definition) is 0. The molecule has 0 aliphatic carbocycles. The first-order valence-corrected chi connectivity index (χ1v) is 6.64. The van der Waals surface area contributed by atoms with Crippen molar-refractivity contribution in [2.45, 2.75) is 26.7 Å². The quantitative estimate of drug-likeness (QED) is 0.674. The van der Waals surface area contributed by atoms with Crippen molar-refractivity contribution in [2.24, 2.45) is 0 Å². The molecule has 0 atom stereocenters. The van der Waals surface area contributed by atoms with Gasteiger partial charge in [-0.1, -0.05) is 12.1 Å². The molecule has 0 saturated carbocycles. The minimum absolute atomic E-state index is 0.00460. The highest BCUT2D eigenvalue weighted by molar-refractivity contribution is 5.77. The zero-order valence-corrected chi connectivity index (χ0v) is 11.6. The van der Waals surface area contributed by atoms with Gasteiger partial charge in [-0.3, -0.25) is 4.79 Å². The van der Waals surface area contributed by atoms with E-state index in [1.807, 2.05) is 38.1 Å². The molecule has 19 heavy (non-hydrogen) atoms. The Hall–Kier alpha value is -1.84. The topological polar surface area (TPSA) is 46.6 Å². The number of aryl methyl sites for hydroxylation is 1. The third-order valence-corrected chi connectivity index (χ3v) is 2.95. The number of likely N-dealkylation sites (N-methyl/N-ethyl adjacent to an activating group) is 1. The summed E-state index contributed by atoms with van der Waals surface area (Å²) in [4.78, 5) is 23.8. The number of hydrogen-bond acceptors (Lipinski definition) is 3. The molecular formula is C15H21NO3. The van der Waals surface area contributed by atoms with Crippen LogP contribution in [0.25, 0.3) is 0 Å². The summed E-state index contributed by atoms with van der Waals surface area (Å²) >= 11 is 0. The van der Waals surface area contributed by atoms with E-state index in [1.165, 1.54) is 0 Å². The van der Waals surface area contributed by atoms with Gasteiger partial charge in [-0.05, 0) is 38.0 Å². The third-order valence-electron chi connectivity index (χ3n) is 2.95. The summed E-state index contributed by atoms with van der Waals surface area (Å²) in [6.07, 6.45) is 2.18. The van der Waals surface area contributed by atoms with Crippen molar-refractivity contribution < 1.29 is 14.3 Å². The molecule has 0 aliphatic heterocycles. The number of carbonyl (C=O) groups excluding carboxylic acids is 2. The molecule has 0 saturated heterocycles. The van der Waals surface area contributed by atoms with Crippen LogP contribution in [0.5, 0.6) is 5.75 Å². The van der Waals surface area contributed by atoms with Gasteiger partial charge in [0.25, 0.3) is 5.91 Å². The largest absolute Gasteiger partial charge is 0.484 e. The number of amides is 1. The van der Waals surface area contributed by atoms with E-state index in [0.29, 0.717) is 25.3 Å². The Labute approximate surface area is 114 Å². The van der Waals surface area contributed by atoms with Crippen molar-refractivity contribution in [1.82, 2.24) is 4.90 Å². The van der Waals surface area contributed by atoms with Crippen molar-refractivity contribution in [1.29, 1.82) is 0 Å². The lowest BCUT2D eigenvalue weighted by atomic mass is 10.1. The summed E-state index contributed by atoms with van der Waals surface area (Å²) in [6, 6.07) is 7.49. The van der Waals surface area contributed by atoms with Gasteiger partial charge in [-0.2, -0.15) is 0 Å². The summed E-state index contributed by atoms with van der Waals surface area (Å²) in [5, 5.41) is 0. The summed E-state index contributed by atoms with van der Waals surface area (Å²) in [5.41, 5.74) is 1.09. The van der Waals surface area contributed by atoms with Crippen LogP contribution < -0.4 is 4.74 Å². The van der Waals surface area contributed by atoms with Crippen LogP contribution in [0.15, 0.2) is 24.3 Å². The Morgan fingerprint density at radius 1 is 1.21 bits per heavy atom. The Morgan fingerprint density at radius 3 is 2.37 bits per heavy atom. The number of rotatable bonds is 8. The van der Waals surface area contributed by atoms with Crippen LogP contribution in [-0.4, -0.2) is 36.8 Å². The average molecular weight is 263 g/mol. The van der Waals surface area contributed by atoms with Crippen molar-refractivity contribution in [3.63, 3.8) is 0 Å². The van der Waals surface area contributed by atoms with E-state index in [2.05, 4.69) is 0 Å². The monoisotopic (exact) mass is 263 g/mol. The highest BCUT2D eigenvalue weighted by Crippen LogP contribution is 2.13. The fourth-order valence-electron chi connectivity index (χ4n) is 1.79. The Bertz CT molecular complexity index is 396. The van der Waals surface area contributed by atoms with Gasteiger partial charge in [0.2, 0.25) is 0 Å². The van der Waals surface area contributed by atoms with Crippen LogP contribution in [-0.2, 0) is 16.0 Å². The van der Waals surface area contributed by atoms with Crippen molar-refractivity contribution in [2.75, 3.05) is 19.7 Å². The van der Waals surface area contributed by atoms with Crippen molar-refractivity contribution >= 4 is 12.2 Å². The van der Waals surface area contributed by atoms with E-state index >= 15 is 0 Å². The smallest absolute Gasteiger partial charge is 0.260 e. The normalized spacial score (nSPS) is 10.0. The van der Waals surface area contributed by atoms with Crippen LogP contribution >= 0.6 is 0 Å². The second kappa shape index (κ2) is 8.29. The maximum atomic E-state index is 11.7. The second-order valence-electron chi connectivity index (χ2n) is 4.20. The number of benzene rings is 1.